The van der Waals surface area contributed by atoms with Crippen LogP contribution in [-0.4, -0.2) is 19.4 Å². The van der Waals surface area contributed by atoms with Crippen molar-refractivity contribution < 1.29 is 13.5 Å². The lowest BCUT2D eigenvalue weighted by Gasteiger charge is -2.29. The van der Waals surface area contributed by atoms with Crippen LogP contribution >= 0.6 is 0 Å². The number of hydrogen-bond donors (Lipinski definition) is 1. The van der Waals surface area contributed by atoms with Gasteiger partial charge in [0.05, 0.1) is 11.7 Å². The van der Waals surface area contributed by atoms with Crippen molar-refractivity contribution in [3.63, 3.8) is 0 Å². The smallest absolute Gasteiger partial charge is 0.167 e. The van der Waals surface area contributed by atoms with Gasteiger partial charge in [0, 0.05) is 34.9 Å². The van der Waals surface area contributed by atoms with Crippen LogP contribution in [0, 0.1) is 5.82 Å². The zero-order valence-corrected chi connectivity index (χ0v) is 18.4. The monoisotopic (exact) mass is 437 g/mol. The molecule has 0 bridgehead atoms. The van der Waals surface area contributed by atoms with Crippen LogP contribution in [0.15, 0.2) is 71.4 Å². The molecule has 1 N–H and O–H groups in total. The second-order valence-electron chi connectivity index (χ2n) is 8.30. The molecule has 0 aliphatic rings. The lowest BCUT2D eigenvalue weighted by molar-refractivity contribution is 0.459. The van der Waals surface area contributed by atoms with Gasteiger partial charge in [-0.05, 0) is 50.6 Å². The van der Waals surface area contributed by atoms with Crippen molar-refractivity contribution in [2.24, 2.45) is 0 Å². The molecule has 2 aromatic heterocycles. The second kappa shape index (κ2) is 8.78. The van der Waals surface area contributed by atoms with Gasteiger partial charge in [0.15, 0.2) is 5.58 Å². The predicted octanol–water partition coefficient (Wildman–Crippen LogP) is 5.36. The molecule has 4 aromatic rings. The Balaban J connectivity index is 1.81. The summed E-state index contributed by atoms with van der Waals surface area (Å²) < 4.78 is 35.6. The molecule has 7 heteroatoms. The number of pyridine rings is 1. The van der Waals surface area contributed by atoms with Crippen LogP contribution in [0.5, 0.6) is 0 Å². The third-order valence-corrected chi connectivity index (χ3v) is 6.62. The van der Waals surface area contributed by atoms with E-state index in [0.29, 0.717) is 17.0 Å². The highest BCUT2D eigenvalue weighted by atomic mass is 32.2. The van der Waals surface area contributed by atoms with Gasteiger partial charge in [0.1, 0.15) is 16.3 Å². The Labute approximate surface area is 184 Å². The van der Waals surface area contributed by atoms with E-state index in [9.17, 15) is 8.94 Å². The Hall–Kier alpha value is -2.74. The minimum Gasteiger partial charge on any atom is -0.598 e. The van der Waals surface area contributed by atoms with Crippen LogP contribution < -0.4 is 4.72 Å². The number of fused-ring (bicyclic) bond motifs is 1. The summed E-state index contributed by atoms with van der Waals surface area (Å²) in [6.07, 6.45) is 1.80. The first-order valence-electron chi connectivity index (χ1n) is 10.1. The summed E-state index contributed by atoms with van der Waals surface area (Å²) in [6.45, 7) is 5.68. The van der Waals surface area contributed by atoms with Crippen LogP contribution in [0.4, 0.5) is 4.39 Å². The summed E-state index contributed by atoms with van der Waals surface area (Å²) in [6, 6.07) is 17.8. The van der Waals surface area contributed by atoms with Crippen LogP contribution in [0.25, 0.3) is 22.2 Å². The van der Waals surface area contributed by atoms with Crippen molar-refractivity contribution in [3.8, 4) is 11.3 Å². The minimum atomic E-state index is -1.37. The topological polar surface area (TPSA) is 74.0 Å². The molecule has 0 aliphatic carbocycles. The molecule has 4 rings (SSSR count). The third kappa shape index (κ3) is 4.63. The zero-order chi connectivity index (χ0) is 22.0. The molecule has 0 amide bonds. The fraction of sp³-hybridized carbons (Fsp3) is 0.250. The SMILES string of the molecule is CC(C)(C)[S+]([O-])NC(Cc1ncccc1F)c1ccccc1-c1noc2ccccc12. The van der Waals surface area contributed by atoms with Gasteiger partial charge in [-0.1, -0.05) is 41.6 Å². The molecule has 160 valence electrons. The molecule has 2 aromatic carbocycles. The molecule has 0 saturated carbocycles. The molecule has 5 nitrogen and oxygen atoms in total. The molecule has 31 heavy (non-hydrogen) atoms. The molecule has 0 aliphatic heterocycles. The Morgan fingerprint density at radius 3 is 2.58 bits per heavy atom. The van der Waals surface area contributed by atoms with Crippen molar-refractivity contribution in [2.75, 3.05) is 0 Å². The largest absolute Gasteiger partial charge is 0.598 e. The van der Waals surface area contributed by atoms with E-state index in [1.165, 1.54) is 6.07 Å². The number of hydrogen-bond acceptors (Lipinski definition) is 5. The minimum absolute atomic E-state index is 0.237. The summed E-state index contributed by atoms with van der Waals surface area (Å²) in [5.41, 5.74) is 3.38. The van der Waals surface area contributed by atoms with Gasteiger partial charge in [0.2, 0.25) is 0 Å². The van der Waals surface area contributed by atoms with Gasteiger partial charge in [0.25, 0.3) is 0 Å². The number of halogens is 1. The van der Waals surface area contributed by atoms with E-state index in [-0.39, 0.29) is 12.2 Å². The lowest BCUT2D eigenvalue weighted by Crippen LogP contribution is -2.42. The second-order valence-corrected chi connectivity index (χ2v) is 10.3. The van der Waals surface area contributed by atoms with Crippen molar-refractivity contribution in [2.45, 2.75) is 38.0 Å². The summed E-state index contributed by atoms with van der Waals surface area (Å²) in [5.74, 6) is -0.389. The maximum Gasteiger partial charge on any atom is 0.167 e. The van der Waals surface area contributed by atoms with Gasteiger partial charge in [-0.3, -0.25) is 4.98 Å². The normalized spacial score (nSPS) is 14.0. The number of aromatic nitrogens is 2. The predicted molar refractivity (Wildman–Crippen MR) is 121 cm³/mol. The first kappa shape index (κ1) is 21.5. The highest BCUT2D eigenvalue weighted by molar-refractivity contribution is 7.90. The van der Waals surface area contributed by atoms with Crippen LogP contribution in [0.2, 0.25) is 0 Å². The maximum atomic E-state index is 14.4. The van der Waals surface area contributed by atoms with Crippen molar-refractivity contribution in [1.29, 1.82) is 0 Å². The summed E-state index contributed by atoms with van der Waals surface area (Å²) in [4.78, 5) is 4.21. The average molecular weight is 438 g/mol. The Bertz CT molecular complexity index is 1190. The molecule has 0 saturated heterocycles. The number of rotatable bonds is 6. The Morgan fingerprint density at radius 1 is 1.06 bits per heavy atom. The third-order valence-electron chi connectivity index (χ3n) is 5.01. The number of para-hydroxylation sites is 1. The van der Waals surface area contributed by atoms with Crippen LogP contribution in [0.1, 0.15) is 38.1 Å². The van der Waals surface area contributed by atoms with E-state index in [0.717, 1.165) is 16.5 Å². The molecule has 0 radical (unpaired) electrons. The van der Waals surface area contributed by atoms with E-state index in [1.807, 2.05) is 69.3 Å². The number of nitrogens with one attached hydrogen (secondary N) is 1. The van der Waals surface area contributed by atoms with Crippen LogP contribution in [-0.2, 0) is 17.8 Å². The highest BCUT2D eigenvalue weighted by Gasteiger charge is 2.32. The van der Waals surface area contributed by atoms with Crippen LogP contribution in [0.3, 0.4) is 0 Å². The summed E-state index contributed by atoms with van der Waals surface area (Å²) in [7, 11) is 0. The molecule has 2 unspecified atom stereocenters. The van der Waals surface area contributed by atoms with Crippen molar-refractivity contribution >= 4 is 22.3 Å². The fourth-order valence-electron chi connectivity index (χ4n) is 3.38. The lowest BCUT2D eigenvalue weighted by atomic mass is 9.94. The zero-order valence-electron chi connectivity index (χ0n) is 17.6. The van der Waals surface area contributed by atoms with Crippen molar-refractivity contribution in [1.82, 2.24) is 14.9 Å². The number of benzene rings is 2. The maximum absolute atomic E-state index is 14.4. The fourth-order valence-corrected chi connectivity index (χ4v) is 4.20. The number of nitrogens with zero attached hydrogens (tertiary/aromatic N) is 2. The Kier molecular flexibility index (Phi) is 6.09. The van der Waals surface area contributed by atoms with Gasteiger partial charge in [-0.25, -0.2) is 4.39 Å². The van der Waals surface area contributed by atoms with E-state index in [4.69, 9.17) is 4.52 Å². The summed E-state index contributed by atoms with van der Waals surface area (Å²) in [5, 5.41) is 5.18. The van der Waals surface area contributed by atoms with E-state index in [2.05, 4.69) is 14.9 Å². The molecular formula is C24H24FN3O2S. The molecular weight excluding hydrogens is 413 g/mol. The molecule has 2 atom stereocenters. The van der Waals surface area contributed by atoms with E-state index < -0.39 is 22.2 Å². The highest BCUT2D eigenvalue weighted by Crippen LogP contribution is 2.35. The van der Waals surface area contributed by atoms with Gasteiger partial charge in [-0.15, -0.1) is 4.72 Å². The van der Waals surface area contributed by atoms with E-state index in [1.54, 1.807) is 12.3 Å². The molecule has 2 heterocycles. The van der Waals surface area contributed by atoms with Crippen molar-refractivity contribution in [3.05, 3.63) is 83.9 Å². The molecule has 0 spiro atoms. The Morgan fingerprint density at radius 2 is 1.81 bits per heavy atom. The quantitative estimate of drug-likeness (QED) is 0.411. The van der Waals surface area contributed by atoms with Gasteiger partial charge < -0.3 is 9.08 Å². The standard InChI is InChI=1S/C24H24FN3O2S/c1-24(2,3)31(29)28-20(15-21-19(25)12-8-14-26-21)16-9-4-5-10-17(16)23-18-11-6-7-13-22(18)30-27-23/h4-14,20,28H,15H2,1-3H3. The average Bonchev–Trinajstić information content (AvgIpc) is 3.18. The first-order valence-corrected chi connectivity index (χ1v) is 11.2. The molecule has 0 fully saturated rings. The summed E-state index contributed by atoms with van der Waals surface area (Å²) >= 11 is -1.37. The first-order chi connectivity index (χ1) is 14.8. The van der Waals surface area contributed by atoms with Gasteiger partial charge >= 0.3 is 0 Å². The van der Waals surface area contributed by atoms with Gasteiger partial charge in [-0.2, -0.15) is 0 Å². The van der Waals surface area contributed by atoms with E-state index >= 15 is 0 Å².